The van der Waals surface area contributed by atoms with Crippen molar-refractivity contribution in [2.45, 2.75) is 6.04 Å². The van der Waals surface area contributed by atoms with Crippen molar-refractivity contribution in [1.82, 2.24) is 16.1 Å². The third-order valence-corrected chi connectivity index (χ3v) is 1.13. The molecule has 60 valence electrons. The SMILES string of the molecule is O=C1NC(=O)C(NO)C(=O)N1. The van der Waals surface area contributed by atoms with Crippen LogP contribution in [-0.2, 0) is 9.59 Å². The molecule has 7 nitrogen and oxygen atoms in total. The molecule has 11 heavy (non-hydrogen) atoms. The molecule has 0 radical (unpaired) electrons. The highest BCUT2D eigenvalue weighted by molar-refractivity contribution is 6.18. The lowest BCUT2D eigenvalue weighted by Gasteiger charge is -2.18. The largest absolute Gasteiger partial charge is 0.328 e. The minimum Gasteiger partial charge on any atom is -0.316 e. The summed E-state index contributed by atoms with van der Waals surface area (Å²) in [5.74, 6) is -1.75. The predicted molar refractivity (Wildman–Crippen MR) is 30.4 cm³/mol. The van der Waals surface area contributed by atoms with Crippen LogP contribution in [-0.4, -0.2) is 29.1 Å². The van der Waals surface area contributed by atoms with Gasteiger partial charge in [-0.1, -0.05) is 0 Å². The van der Waals surface area contributed by atoms with E-state index in [9.17, 15) is 14.4 Å². The van der Waals surface area contributed by atoms with Gasteiger partial charge in [-0.25, -0.2) is 4.79 Å². The van der Waals surface area contributed by atoms with Gasteiger partial charge in [0.25, 0.3) is 11.8 Å². The maximum absolute atomic E-state index is 10.6. The van der Waals surface area contributed by atoms with Crippen LogP contribution in [0, 0.1) is 0 Å². The fourth-order valence-electron chi connectivity index (χ4n) is 0.636. The van der Waals surface area contributed by atoms with Crippen LogP contribution in [0.4, 0.5) is 4.79 Å². The standard InChI is InChI=1S/C4H5N3O4/c8-2-1(7-11)3(9)6-4(10)5-2/h1,7,11H,(H2,5,6,8,9,10). The normalized spacial score (nSPS) is 19.5. The number of imide groups is 2. The van der Waals surface area contributed by atoms with Crippen LogP contribution in [0.1, 0.15) is 0 Å². The van der Waals surface area contributed by atoms with Crippen molar-refractivity contribution in [3.8, 4) is 0 Å². The Balaban J connectivity index is 2.74. The molecule has 0 aromatic rings. The molecule has 4 N–H and O–H groups in total. The fourth-order valence-corrected chi connectivity index (χ4v) is 0.636. The summed E-state index contributed by atoms with van der Waals surface area (Å²) in [4.78, 5) is 31.6. The van der Waals surface area contributed by atoms with Crippen LogP contribution < -0.4 is 16.1 Å². The first kappa shape index (κ1) is 7.63. The van der Waals surface area contributed by atoms with E-state index in [4.69, 9.17) is 5.21 Å². The van der Waals surface area contributed by atoms with Crippen LogP contribution in [0.25, 0.3) is 0 Å². The van der Waals surface area contributed by atoms with E-state index in [1.807, 2.05) is 0 Å². The van der Waals surface area contributed by atoms with E-state index in [-0.39, 0.29) is 0 Å². The minimum atomic E-state index is -1.41. The molecule has 0 spiro atoms. The zero-order valence-corrected chi connectivity index (χ0v) is 5.25. The van der Waals surface area contributed by atoms with Crippen molar-refractivity contribution in [3.63, 3.8) is 0 Å². The first-order valence-corrected chi connectivity index (χ1v) is 2.70. The molecule has 1 rings (SSSR count). The molecule has 0 unspecified atom stereocenters. The number of barbiturate groups is 1. The summed E-state index contributed by atoms with van der Waals surface area (Å²) in [6.45, 7) is 0. The highest BCUT2D eigenvalue weighted by Gasteiger charge is 2.33. The first-order valence-electron chi connectivity index (χ1n) is 2.70. The summed E-state index contributed by atoms with van der Waals surface area (Å²) in [5.41, 5.74) is 1.45. The Labute approximate surface area is 60.7 Å². The third-order valence-electron chi connectivity index (χ3n) is 1.13. The number of hydroxylamine groups is 1. The topological polar surface area (TPSA) is 108 Å². The second-order valence-electron chi connectivity index (χ2n) is 1.87. The van der Waals surface area contributed by atoms with E-state index >= 15 is 0 Å². The van der Waals surface area contributed by atoms with Gasteiger partial charge in [0.15, 0.2) is 6.04 Å². The number of carbonyl (C=O) groups is 3. The molecular weight excluding hydrogens is 154 g/mol. The van der Waals surface area contributed by atoms with Crippen LogP contribution in [0.2, 0.25) is 0 Å². The van der Waals surface area contributed by atoms with Crippen LogP contribution in [0.15, 0.2) is 0 Å². The van der Waals surface area contributed by atoms with Gasteiger partial charge in [-0.05, 0) is 0 Å². The summed E-state index contributed by atoms with van der Waals surface area (Å²) in [5, 5.41) is 11.8. The molecule has 1 heterocycles. The Hall–Kier alpha value is -1.47. The van der Waals surface area contributed by atoms with Gasteiger partial charge in [0.2, 0.25) is 0 Å². The van der Waals surface area contributed by atoms with E-state index in [2.05, 4.69) is 0 Å². The number of carbonyl (C=O) groups excluding carboxylic acids is 3. The first-order chi connectivity index (χ1) is 5.15. The summed E-state index contributed by atoms with van der Waals surface area (Å²) in [6.07, 6.45) is 0. The summed E-state index contributed by atoms with van der Waals surface area (Å²) >= 11 is 0. The van der Waals surface area contributed by atoms with Gasteiger partial charge in [-0.2, -0.15) is 5.48 Å². The number of urea groups is 1. The second-order valence-corrected chi connectivity index (χ2v) is 1.87. The maximum atomic E-state index is 10.6. The molecule has 0 bridgehead atoms. The summed E-state index contributed by atoms with van der Waals surface area (Å²) < 4.78 is 0. The molecule has 0 atom stereocenters. The Kier molecular flexibility index (Phi) is 1.83. The van der Waals surface area contributed by atoms with E-state index in [1.54, 1.807) is 10.6 Å². The van der Waals surface area contributed by atoms with E-state index in [1.165, 1.54) is 5.48 Å². The molecule has 7 heteroatoms. The smallest absolute Gasteiger partial charge is 0.316 e. The highest BCUT2D eigenvalue weighted by Crippen LogP contribution is 1.89. The molecule has 0 aliphatic carbocycles. The van der Waals surface area contributed by atoms with E-state index in [0.717, 1.165) is 0 Å². The zero-order valence-electron chi connectivity index (χ0n) is 5.25. The number of rotatable bonds is 1. The molecule has 1 aliphatic rings. The third kappa shape index (κ3) is 1.33. The Bertz CT molecular complexity index is 205. The quantitative estimate of drug-likeness (QED) is 0.254. The molecule has 1 fully saturated rings. The predicted octanol–water partition coefficient (Wildman–Crippen LogP) is -2.30. The average Bonchev–Trinajstić information content (AvgIpc) is 1.85. The molecule has 1 aliphatic heterocycles. The van der Waals surface area contributed by atoms with Gasteiger partial charge in [0.05, 0.1) is 0 Å². The molecule has 1 saturated heterocycles. The van der Waals surface area contributed by atoms with Crippen LogP contribution in [0.3, 0.4) is 0 Å². The van der Waals surface area contributed by atoms with Crippen LogP contribution in [0.5, 0.6) is 0 Å². The van der Waals surface area contributed by atoms with Crippen molar-refractivity contribution in [2.24, 2.45) is 0 Å². The van der Waals surface area contributed by atoms with Gasteiger partial charge >= 0.3 is 6.03 Å². The maximum Gasteiger partial charge on any atom is 0.328 e. The zero-order chi connectivity index (χ0) is 8.43. The minimum absolute atomic E-state index is 0.874. The molecule has 4 amide bonds. The fraction of sp³-hybridized carbons (Fsp3) is 0.250. The number of nitrogens with one attached hydrogen (secondary N) is 3. The van der Waals surface area contributed by atoms with E-state index < -0.39 is 23.9 Å². The van der Waals surface area contributed by atoms with Gasteiger partial charge < -0.3 is 5.21 Å². The lowest BCUT2D eigenvalue weighted by molar-refractivity contribution is -0.136. The van der Waals surface area contributed by atoms with Gasteiger partial charge in [-0.3, -0.25) is 20.2 Å². The molecular formula is C4H5N3O4. The monoisotopic (exact) mass is 159 g/mol. The van der Waals surface area contributed by atoms with Crippen molar-refractivity contribution < 1.29 is 19.6 Å². The average molecular weight is 159 g/mol. The van der Waals surface area contributed by atoms with Crippen LogP contribution >= 0.6 is 0 Å². The Morgan fingerprint density at radius 3 is 2.00 bits per heavy atom. The van der Waals surface area contributed by atoms with Gasteiger partial charge in [0.1, 0.15) is 0 Å². The summed E-state index contributed by atoms with van der Waals surface area (Å²) in [7, 11) is 0. The van der Waals surface area contributed by atoms with Crippen molar-refractivity contribution in [3.05, 3.63) is 0 Å². The second kappa shape index (κ2) is 2.64. The number of amides is 4. The van der Waals surface area contributed by atoms with Gasteiger partial charge in [-0.15, -0.1) is 0 Å². The number of hydrogen-bond donors (Lipinski definition) is 4. The molecule has 0 saturated carbocycles. The number of hydrogen-bond acceptors (Lipinski definition) is 5. The Morgan fingerprint density at radius 1 is 1.18 bits per heavy atom. The van der Waals surface area contributed by atoms with E-state index in [0.29, 0.717) is 0 Å². The van der Waals surface area contributed by atoms with Crippen molar-refractivity contribution in [1.29, 1.82) is 0 Å². The molecule has 0 aromatic carbocycles. The highest BCUT2D eigenvalue weighted by atomic mass is 16.5. The lowest BCUT2D eigenvalue weighted by atomic mass is 10.2. The van der Waals surface area contributed by atoms with Gasteiger partial charge in [0, 0.05) is 0 Å². The van der Waals surface area contributed by atoms with Crippen molar-refractivity contribution >= 4 is 17.8 Å². The summed E-state index contributed by atoms with van der Waals surface area (Å²) in [6, 6.07) is -2.29. The Morgan fingerprint density at radius 2 is 1.64 bits per heavy atom. The molecule has 0 aromatic heterocycles. The van der Waals surface area contributed by atoms with Crippen molar-refractivity contribution in [2.75, 3.05) is 0 Å². The lowest BCUT2D eigenvalue weighted by Crippen LogP contribution is -2.62.